The van der Waals surface area contributed by atoms with E-state index in [2.05, 4.69) is 4.99 Å². The standard InChI is InChI=1S/C38H47NO12/c1-17-12-11-13-18(2)37(48-10)39-24-16-25(41)27-28(33(24)45)32(44)22(6)35-29(27)36(46)38(8,51-35)49-15-14-26(47-9)19(3)34(50-23(7)40)21(5)31(43)20(4)30(17)42/h11-17,19-21,26,30-31,34,42-44H,1-10H3/b12-11+,15-14+,18-13-,39-37?/t17-,19-,20+,21-,26-,30-,31+,34+,38-/m0/s1. The Kier molecular flexibility index (Phi) is 11.8. The number of allylic oxidation sites excluding steroid dienone is 4. The van der Waals surface area contributed by atoms with Gasteiger partial charge < -0.3 is 39.0 Å². The largest absolute Gasteiger partial charge is 0.507 e. The Labute approximate surface area is 297 Å². The summed E-state index contributed by atoms with van der Waals surface area (Å²) in [6, 6.07) is 0. The number of rotatable bonds is 2. The zero-order chi connectivity index (χ0) is 38.1. The molecular weight excluding hydrogens is 662 g/mol. The van der Waals surface area contributed by atoms with Crippen molar-refractivity contribution in [2.24, 2.45) is 28.7 Å². The third-order valence-electron chi connectivity index (χ3n) is 9.93. The summed E-state index contributed by atoms with van der Waals surface area (Å²) in [5.41, 5.74) is -0.738. The second-order valence-corrected chi connectivity index (χ2v) is 13.5. The average molecular weight is 710 g/mol. The van der Waals surface area contributed by atoms with Gasteiger partial charge in [-0.05, 0) is 19.9 Å². The van der Waals surface area contributed by atoms with E-state index in [1.807, 2.05) is 0 Å². The van der Waals surface area contributed by atoms with Crippen LogP contribution in [0.3, 0.4) is 0 Å². The maximum Gasteiger partial charge on any atom is 0.312 e. The molecule has 5 rings (SSSR count). The van der Waals surface area contributed by atoms with E-state index in [1.165, 1.54) is 47.3 Å². The Bertz CT molecular complexity index is 1750. The van der Waals surface area contributed by atoms with Crippen LogP contribution in [0.15, 0.2) is 52.9 Å². The van der Waals surface area contributed by atoms with Crippen molar-refractivity contribution in [2.75, 3.05) is 14.2 Å². The van der Waals surface area contributed by atoms with Gasteiger partial charge in [-0.25, -0.2) is 4.99 Å². The lowest BCUT2D eigenvalue weighted by Crippen LogP contribution is -2.46. The summed E-state index contributed by atoms with van der Waals surface area (Å²) < 4.78 is 28.6. The topological polar surface area (TPSA) is 187 Å². The Hall–Kier alpha value is -4.59. The monoisotopic (exact) mass is 709 g/mol. The number of hydrogen-bond donors (Lipinski definition) is 3. The molecule has 1 aromatic rings. The van der Waals surface area contributed by atoms with Gasteiger partial charge in [-0.1, -0.05) is 45.9 Å². The molecule has 0 saturated heterocycles. The second-order valence-electron chi connectivity index (χ2n) is 13.5. The minimum atomic E-state index is -2.01. The van der Waals surface area contributed by atoms with E-state index in [4.69, 9.17) is 23.7 Å². The van der Waals surface area contributed by atoms with Crippen molar-refractivity contribution < 1.29 is 58.2 Å². The molecule has 276 valence electrons. The number of hydrogen-bond acceptors (Lipinski definition) is 13. The third kappa shape index (κ3) is 7.42. The van der Waals surface area contributed by atoms with Crippen LogP contribution in [0.1, 0.15) is 85.1 Å². The van der Waals surface area contributed by atoms with Gasteiger partial charge in [0.25, 0.3) is 5.78 Å². The summed E-state index contributed by atoms with van der Waals surface area (Å²) in [4.78, 5) is 57.9. The first-order valence-electron chi connectivity index (χ1n) is 16.7. The molecule has 0 fully saturated rings. The zero-order valence-electron chi connectivity index (χ0n) is 30.5. The number of phenols is 1. The highest BCUT2D eigenvalue weighted by Crippen LogP contribution is 2.48. The van der Waals surface area contributed by atoms with E-state index >= 15 is 0 Å². The number of esters is 1. The number of phenolic OH excluding ortho intramolecular Hbond substituents is 1. The number of ketones is 3. The normalized spacial score (nSPS) is 34.0. The molecule has 13 heteroatoms. The van der Waals surface area contributed by atoms with Gasteiger partial charge in [0.05, 0.1) is 48.4 Å². The quantitative estimate of drug-likeness (QED) is 0.364. The number of carbonyl (C=O) groups is 4. The van der Waals surface area contributed by atoms with Crippen LogP contribution in [0.25, 0.3) is 0 Å². The Morgan fingerprint density at radius 1 is 0.941 bits per heavy atom. The summed E-state index contributed by atoms with van der Waals surface area (Å²) in [7, 11) is 2.77. The Morgan fingerprint density at radius 3 is 2.22 bits per heavy atom. The number of aromatic hydroxyl groups is 1. The van der Waals surface area contributed by atoms with Crippen molar-refractivity contribution in [3.63, 3.8) is 0 Å². The fourth-order valence-corrected chi connectivity index (χ4v) is 6.78. The first-order valence-corrected chi connectivity index (χ1v) is 16.7. The molecule has 0 amide bonds. The van der Waals surface area contributed by atoms with E-state index < -0.39 is 88.5 Å². The maximum absolute atomic E-state index is 13.9. The molecule has 3 heterocycles. The van der Waals surface area contributed by atoms with Crippen molar-refractivity contribution in [2.45, 2.75) is 85.6 Å². The smallest absolute Gasteiger partial charge is 0.312 e. The van der Waals surface area contributed by atoms with Crippen molar-refractivity contribution in [3.8, 4) is 11.5 Å². The zero-order valence-corrected chi connectivity index (χ0v) is 30.5. The molecule has 5 bridgehead atoms. The van der Waals surface area contributed by atoms with Crippen molar-refractivity contribution in [1.82, 2.24) is 0 Å². The van der Waals surface area contributed by atoms with E-state index in [0.29, 0.717) is 5.57 Å². The lowest BCUT2D eigenvalue weighted by molar-refractivity contribution is -0.160. The van der Waals surface area contributed by atoms with Gasteiger partial charge in [0.15, 0.2) is 5.78 Å². The van der Waals surface area contributed by atoms with Crippen LogP contribution < -0.4 is 4.74 Å². The van der Waals surface area contributed by atoms with Crippen LogP contribution in [0.5, 0.6) is 11.5 Å². The highest BCUT2D eigenvalue weighted by Gasteiger charge is 2.51. The van der Waals surface area contributed by atoms with Gasteiger partial charge in [0, 0.05) is 61.8 Å². The second kappa shape index (κ2) is 15.3. The predicted octanol–water partition coefficient (Wildman–Crippen LogP) is 4.56. The molecule has 1 aliphatic carbocycles. The molecule has 13 nitrogen and oxygen atoms in total. The molecule has 0 radical (unpaired) electrons. The van der Waals surface area contributed by atoms with Crippen LogP contribution in [0.4, 0.5) is 0 Å². The van der Waals surface area contributed by atoms with Gasteiger partial charge in [-0.3, -0.25) is 19.2 Å². The minimum absolute atomic E-state index is 0.000290. The van der Waals surface area contributed by atoms with Crippen LogP contribution in [0, 0.1) is 30.6 Å². The molecule has 0 aromatic heterocycles. The van der Waals surface area contributed by atoms with Crippen molar-refractivity contribution in [1.29, 1.82) is 0 Å². The van der Waals surface area contributed by atoms with Gasteiger partial charge >= 0.3 is 11.8 Å². The summed E-state index contributed by atoms with van der Waals surface area (Å²) in [5.74, 6) is -7.88. The van der Waals surface area contributed by atoms with Gasteiger partial charge in [-0.2, -0.15) is 0 Å². The summed E-state index contributed by atoms with van der Waals surface area (Å²) in [6.45, 7) is 12.7. The molecular formula is C38H47NO12. The van der Waals surface area contributed by atoms with Crippen molar-refractivity contribution >= 4 is 29.2 Å². The van der Waals surface area contributed by atoms with Gasteiger partial charge in [-0.15, -0.1) is 0 Å². The van der Waals surface area contributed by atoms with Gasteiger partial charge in [0.2, 0.25) is 11.7 Å². The summed E-state index contributed by atoms with van der Waals surface area (Å²) in [5, 5.41) is 33.9. The molecule has 51 heavy (non-hydrogen) atoms. The number of aliphatic hydroxyl groups is 2. The summed E-state index contributed by atoms with van der Waals surface area (Å²) in [6.07, 6.45) is 4.92. The number of aliphatic imine (C=N–C) groups is 1. The SMILES string of the molecule is COC1=NC2=CC(=O)c3c(c(O)c(C)c4c3C(=O)[C@@](C)(O/C=C/[C@H](OC)[C@H](C)[C@@H](OC(C)=O)[C@@H](C)[C@H](O)[C@H](C)[C@@H](O)[C@@H](C)/C=C/C=C\1C)O4)C2=O. The van der Waals surface area contributed by atoms with E-state index in [0.717, 1.165) is 6.08 Å². The van der Waals surface area contributed by atoms with Crippen LogP contribution in [-0.2, 0) is 23.7 Å². The van der Waals surface area contributed by atoms with Gasteiger partial charge in [0.1, 0.15) is 23.3 Å². The van der Waals surface area contributed by atoms with E-state index in [-0.39, 0.29) is 34.0 Å². The van der Waals surface area contributed by atoms with Crippen LogP contribution in [0.2, 0.25) is 0 Å². The molecule has 0 spiro atoms. The highest BCUT2D eigenvalue weighted by atomic mass is 16.7. The number of nitrogens with zero attached hydrogens (tertiary/aromatic N) is 1. The average Bonchev–Trinajstić information content (AvgIpc) is 3.35. The third-order valence-corrected chi connectivity index (χ3v) is 9.93. The van der Waals surface area contributed by atoms with E-state index in [9.17, 15) is 34.5 Å². The lowest BCUT2D eigenvalue weighted by Gasteiger charge is -2.38. The van der Waals surface area contributed by atoms with Crippen LogP contribution >= 0.6 is 0 Å². The number of methoxy groups -OCH3 is 2. The molecule has 9 atom stereocenters. The number of ether oxygens (including phenoxy) is 5. The fourth-order valence-electron chi connectivity index (χ4n) is 6.78. The predicted molar refractivity (Wildman–Crippen MR) is 186 cm³/mol. The number of benzene rings is 1. The fraction of sp³-hybridized carbons (Fsp3) is 0.500. The minimum Gasteiger partial charge on any atom is -0.507 e. The molecule has 0 saturated carbocycles. The number of fused-ring (bicyclic) bond motifs is 13. The molecule has 3 aliphatic heterocycles. The number of Topliss-reactive ketones (excluding diaryl/α,β-unsaturated/α-hetero) is 2. The number of aliphatic hydroxyl groups excluding tert-OH is 2. The lowest BCUT2D eigenvalue weighted by atomic mass is 9.78. The molecule has 3 N–H and O–H groups in total. The molecule has 4 aliphatic rings. The highest BCUT2D eigenvalue weighted by molar-refractivity contribution is 6.30. The van der Waals surface area contributed by atoms with Crippen molar-refractivity contribution in [3.05, 3.63) is 70.2 Å². The molecule has 1 aromatic carbocycles. The molecule has 0 unspecified atom stereocenters. The van der Waals surface area contributed by atoms with Crippen LogP contribution in [-0.4, -0.2) is 89.0 Å². The Morgan fingerprint density at radius 2 is 1.61 bits per heavy atom. The first-order chi connectivity index (χ1) is 23.9. The Balaban J connectivity index is 1.88. The summed E-state index contributed by atoms with van der Waals surface area (Å²) >= 11 is 0. The van der Waals surface area contributed by atoms with E-state index in [1.54, 1.807) is 52.8 Å². The number of carbonyl (C=O) groups excluding carboxylic acids is 4. The first kappa shape index (κ1) is 39.2. The maximum atomic E-state index is 13.9.